The Kier molecular flexibility index (Phi) is 3.63. The van der Waals surface area contributed by atoms with Crippen LogP contribution in [0.25, 0.3) is 10.8 Å². The normalized spacial score (nSPS) is 9.44. The maximum Gasteiger partial charge on any atom is 0.174 e. The largest absolute Gasteiger partial charge is 0.479 e. The van der Waals surface area contributed by atoms with Gasteiger partial charge in [0.1, 0.15) is 23.6 Å². The molecule has 4 nitrogen and oxygen atoms in total. The quantitative estimate of drug-likeness (QED) is 0.821. The van der Waals surface area contributed by atoms with Gasteiger partial charge in [0.05, 0.1) is 0 Å². The Hall–Kier alpha value is -2.72. The van der Waals surface area contributed by atoms with Crippen molar-refractivity contribution in [2.75, 3.05) is 13.2 Å². The minimum absolute atomic E-state index is 0.0239. The van der Waals surface area contributed by atoms with Crippen LogP contribution in [0.3, 0.4) is 0 Å². The zero-order chi connectivity index (χ0) is 12.8. The zero-order valence-corrected chi connectivity index (χ0v) is 9.59. The first-order chi connectivity index (χ1) is 8.83. The van der Waals surface area contributed by atoms with E-state index in [9.17, 15) is 0 Å². The molecule has 0 aliphatic carbocycles. The Labute approximate surface area is 105 Å². The molecule has 0 atom stereocenters. The van der Waals surface area contributed by atoms with Gasteiger partial charge in [-0.3, -0.25) is 0 Å². The monoisotopic (exact) mass is 238 g/mol. The van der Waals surface area contributed by atoms with E-state index in [4.69, 9.17) is 20.0 Å². The third kappa shape index (κ3) is 2.69. The maximum atomic E-state index is 8.46. The zero-order valence-electron chi connectivity index (χ0n) is 9.59. The smallest absolute Gasteiger partial charge is 0.174 e. The van der Waals surface area contributed by atoms with Crippen molar-refractivity contribution < 1.29 is 9.47 Å². The molecule has 0 bridgehead atoms. The van der Waals surface area contributed by atoms with E-state index < -0.39 is 0 Å². The van der Waals surface area contributed by atoms with Gasteiger partial charge in [-0.2, -0.15) is 10.5 Å². The van der Waals surface area contributed by atoms with Gasteiger partial charge in [-0.1, -0.05) is 12.1 Å². The molecule has 2 rings (SSSR count). The predicted octanol–water partition coefficient (Wildman–Crippen LogP) is 2.64. The van der Waals surface area contributed by atoms with Crippen molar-refractivity contribution in [2.45, 2.75) is 0 Å². The van der Waals surface area contributed by atoms with E-state index in [0.717, 1.165) is 10.8 Å². The second-order valence-corrected chi connectivity index (χ2v) is 3.56. The van der Waals surface area contributed by atoms with Crippen LogP contribution < -0.4 is 9.47 Å². The van der Waals surface area contributed by atoms with E-state index in [1.54, 1.807) is 0 Å². The topological polar surface area (TPSA) is 66.0 Å². The molecule has 2 aromatic rings. The lowest BCUT2D eigenvalue weighted by Crippen LogP contribution is -1.94. The fourth-order valence-electron chi connectivity index (χ4n) is 1.61. The summed E-state index contributed by atoms with van der Waals surface area (Å²) < 4.78 is 10.5. The Morgan fingerprint density at radius 1 is 0.778 bits per heavy atom. The Morgan fingerprint density at radius 2 is 1.28 bits per heavy atom. The average molecular weight is 238 g/mol. The number of fused-ring (bicyclic) bond motifs is 1. The molecule has 0 fully saturated rings. The summed E-state index contributed by atoms with van der Waals surface area (Å²) >= 11 is 0. The first-order valence-corrected chi connectivity index (χ1v) is 5.37. The van der Waals surface area contributed by atoms with E-state index in [2.05, 4.69) is 0 Å². The van der Waals surface area contributed by atoms with Crippen molar-refractivity contribution in [2.24, 2.45) is 0 Å². The van der Waals surface area contributed by atoms with Gasteiger partial charge in [-0.25, -0.2) is 0 Å². The van der Waals surface area contributed by atoms with Gasteiger partial charge >= 0.3 is 0 Å². The van der Waals surface area contributed by atoms with E-state index >= 15 is 0 Å². The Morgan fingerprint density at radius 3 is 1.72 bits per heavy atom. The first kappa shape index (κ1) is 11.8. The van der Waals surface area contributed by atoms with Crippen LogP contribution in [-0.2, 0) is 0 Å². The molecule has 0 saturated heterocycles. The van der Waals surface area contributed by atoms with Gasteiger partial charge in [0.2, 0.25) is 0 Å². The van der Waals surface area contributed by atoms with E-state index in [0.29, 0.717) is 11.5 Å². The summed E-state index contributed by atoms with van der Waals surface area (Å²) in [5.74, 6) is 1.28. The van der Waals surface area contributed by atoms with Crippen LogP contribution in [0.15, 0.2) is 36.4 Å². The van der Waals surface area contributed by atoms with Gasteiger partial charge in [0.15, 0.2) is 13.2 Å². The van der Waals surface area contributed by atoms with Gasteiger partial charge in [-0.05, 0) is 35.0 Å². The second kappa shape index (κ2) is 5.56. The van der Waals surface area contributed by atoms with Crippen LogP contribution in [0.5, 0.6) is 11.5 Å². The summed E-state index contributed by atoms with van der Waals surface area (Å²) in [6.07, 6.45) is 0. The summed E-state index contributed by atoms with van der Waals surface area (Å²) in [7, 11) is 0. The van der Waals surface area contributed by atoms with Crippen LogP contribution in [-0.4, -0.2) is 13.2 Å². The van der Waals surface area contributed by atoms with Gasteiger partial charge in [0.25, 0.3) is 0 Å². The van der Waals surface area contributed by atoms with Gasteiger partial charge < -0.3 is 9.47 Å². The number of benzene rings is 2. The minimum atomic E-state index is 0.0239. The van der Waals surface area contributed by atoms with Crippen LogP contribution in [0.2, 0.25) is 0 Å². The average Bonchev–Trinajstić information content (AvgIpc) is 2.42. The number of ether oxygens (including phenoxy) is 2. The third-order valence-corrected chi connectivity index (χ3v) is 2.39. The summed E-state index contributed by atoms with van der Waals surface area (Å²) in [6, 6.07) is 15.0. The van der Waals surface area contributed by atoms with E-state index in [1.807, 2.05) is 48.5 Å². The molecule has 18 heavy (non-hydrogen) atoms. The molecule has 0 amide bonds. The lowest BCUT2D eigenvalue weighted by Gasteiger charge is -2.06. The number of nitriles is 2. The molecule has 4 heteroatoms. The molecule has 88 valence electrons. The van der Waals surface area contributed by atoms with Crippen LogP contribution in [0.4, 0.5) is 0 Å². The maximum absolute atomic E-state index is 8.46. The van der Waals surface area contributed by atoms with Crippen molar-refractivity contribution in [1.82, 2.24) is 0 Å². The minimum Gasteiger partial charge on any atom is -0.479 e. The SMILES string of the molecule is N#CCOc1ccc2ccc(OCC#N)cc2c1. The molecule has 0 aliphatic rings. The molecule has 0 N–H and O–H groups in total. The van der Waals surface area contributed by atoms with Crippen molar-refractivity contribution in [3.05, 3.63) is 36.4 Å². The molecule has 0 radical (unpaired) electrons. The molecule has 0 unspecified atom stereocenters. The Bertz CT molecular complexity index is 586. The summed E-state index contributed by atoms with van der Waals surface area (Å²) in [5.41, 5.74) is 0. The van der Waals surface area contributed by atoms with Crippen molar-refractivity contribution >= 4 is 10.8 Å². The van der Waals surface area contributed by atoms with Gasteiger partial charge in [-0.15, -0.1) is 0 Å². The predicted molar refractivity (Wildman–Crippen MR) is 66.2 cm³/mol. The van der Waals surface area contributed by atoms with Crippen molar-refractivity contribution in [3.8, 4) is 23.6 Å². The lowest BCUT2D eigenvalue weighted by molar-refractivity contribution is 0.367. The van der Waals surface area contributed by atoms with Crippen molar-refractivity contribution in [3.63, 3.8) is 0 Å². The van der Waals surface area contributed by atoms with Gasteiger partial charge in [0, 0.05) is 0 Å². The summed E-state index contributed by atoms with van der Waals surface area (Å²) in [4.78, 5) is 0. The highest BCUT2D eigenvalue weighted by molar-refractivity contribution is 5.85. The molecular formula is C14H10N2O2. The number of nitrogens with zero attached hydrogens (tertiary/aromatic N) is 2. The highest BCUT2D eigenvalue weighted by Gasteiger charge is 2.00. The van der Waals surface area contributed by atoms with Crippen LogP contribution in [0.1, 0.15) is 0 Å². The fourth-order valence-corrected chi connectivity index (χ4v) is 1.61. The highest BCUT2D eigenvalue weighted by Crippen LogP contribution is 2.25. The lowest BCUT2D eigenvalue weighted by atomic mass is 10.1. The standard InChI is InChI=1S/C14H10N2O2/c15-5-7-17-13-3-1-11-2-4-14(18-8-6-16)10-12(11)9-13/h1-4,9-10H,7-8H2. The highest BCUT2D eigenvalue weighted by atomic mass is 16.5. The van der Waals surface area contributed by atoms with E-state index in [1.165, 1.54) is 0 Å². The molecule has 0 heterocycles. The third-order valence-electron chi connectivity index (χ3n) is 2.39. The molecular weight excluding hydrogens is 228 g/mol. The molecule has 0 saturated carbocycles. The second-order valence-electron chi connectivity index (χ2n) is 3.56. The fraction of sp³-hybridized carbons (Fsp3) is 0.143. The number of hydrogen-bond donors (Lipinski definition) is 0. The van der Waals surface area contributed by atoms with Crippen LogP contribution in [0, 0.1) is 22.7 Å². The van der Waals surface area contributed by atoms with E-state index in [-0.39, 0.29) is 13.2 Å². The first-order valence-electron chi connectivity index (χ1n) is 5.37. The number of rotatable bonds is 4. The van der Waals surface area contributed by atoms with Crippen LogP contribution >= 0.6 is 0 Å². The summed E-state index contributed by atoms with van der Waals surface area (Å²) in [5, 5.41) is 18.9. The molecule has 0 spiro atoms. The number of hydrogen-bond acceptors (Lipinski definition) is 4. The summed E-state index contributed by atoms with van der Waals surface area (Å²) in [6.45, 7) is 0.0479. The molecule has 0 aliphatic heterocycles. The Balaban J connectivity index is 2.29. The molecule has 0 aromatic heterocycles. The molecule has 2 aromatic carbocycles. The van der Waals surface area contributed by atoms with Crippen molar-refractivity contribution in [1.29, 1.82) is 10.5 Å².